The summed E-state index contributed by atoms with van der Waals surface area (Å²) in [4.78, 5) is 51.1. The predicted octanol–water partition coefficient (Wildman–Crippen LogP) is 2.15. The lowest BCUT2D eigenvalue weighted by molar-refractivity contribution is -0.889. The number of rotatable bonds is 11. The third-order valence-corrected chi connectivity index (χ3v) is 8.77. The van der Waals surface area contributed by atoms with Crippen molar-refractivity contribution >= 4 is 52.1 Å². The number of quaternary nitrogens is 1. The Morgan fingerprint density at radius 3 is 2.75 bits per heavy atom. The molecule has 0 spiro atoms. The van der Waals surface area contributed by atoms with Crippen molar-refractivity contribution in [1.82, 2.24) is 40.3 Å². The van der Waals surface area contributed by atoms with Gasteiger partial charge in [-0.2, -0.15) is 0 Å². The number of amides is 2. The number of pyridine rings is 1. The Labute approximate surface area is 281 Å². The molecular weight excluding hydrogens is 638 g/mol. The molecule has 4 aromatic heterocycles. The highest BCUT2D eigenvalue weighted by molar-refractivity contribution is 7.14. The molecule has 0 saturated carbocycles. The van der Waals surface area contributed by atoms with Crippen molar-refractivity contribution in [2.75, 3.05) is 63.6 Å². The van der Waals surface area contributed by atoms with Gasteiger partial charge in [-0.25, -0.2) is 19.9 Å². The van der Waals surface area contributed by atoms with Crippen LogP contribution in [0.5, 0.6) is 0 Å². The maximum absolute atomic E-state index is 13.9. The van der Waals surface area contributed by atoms with Gasteiger partial charge in [-0.05, 0) is 47.6 Å². The van der Waals surface area contributed by atoms with Crippen LogP contribution < -0.4 is 21.1 Å². The topological polar surface area (TPSA) is 193 Å². The number of likely N-dealkylation sites (N-methyl/N-ethyl adjacent to an activating group) is 1. The molecule has 256 valence electrons. The van der Waals surface area contributed by atoms with Crippen LogP contribution in [0.4, 0.5) is 15.7 Å². The Morgan fingerprint density at radius 1 is 1.23 bits per heavy atom. The second kappa shape index (κ2) is 14.6. The zero-order valence-corrected chi connectivity index (χ0v) is 28.6. The number of carbonyl (C=O) groups excluding carboxylic acids is 2. The summed E-state index contributed by atoms with van der Waals surface area (Å²) in [5.74, 6) is 0.361. The van der Waals surface area contributed by atoms with Crippen molar-refractivity contribution < 1.29 is 23.9 Å². The zero-order valence-electron chi connectivity index (χ0n) is 27.8. The van der Waals surface area contributed by atoms with E-state index in [0.717, 1.165) is 5.69 Å². The normalized spacial score (nSPS) is 15.6. The van der Waals surface area contributed by atoms with Crippen LogP contribution in [0.2, 0.25) is 0 Å². The second-order valence-electron chi connectivity index (χ2n) is 13.3. The van der Waals surface area contributed by atoms with Crippen molar-refractivity contribution in [2.24, 2.45) is 0 Å². The van der Waals surface area contributed by atoms with Gasteiger partial charge in [0.25, 0.3) is 11.5 Å². The van der Waals surface area contributed by atoms with Gasteiger partial charge in [0.1, 0.15) is 24.1 Å². The molecule has 5 rings (SSSR count). The van der Waals surface area contributed by atoms with E-state index >= 15 is 0 Å². The molecule has 0 radical (unpaired) electrons. The number of fused-ring (bicyclic) bond motifs is 1. The zero-order chi connectivity index (χ0) is 34.5. The first-order chi connectivity index (χ1) is 22.8. The number of aromatic nitrogens is 7. The third kappa shape index (κ3) is 8.59. The average molecular weight is 681 g/mol. The van der Waals surface area contributed by atoms with Gasteiger partial charge in [-0.1, -0.05) is 20.8 Å². The molecule has 1 aliphatic heterocycles. The fourth-order valence-corrected chi connectivity index (χ4v) is 6.11. The monoisotopic (exact) mass is 680 g/mol. The number of carbonyl (C=O) groups is 2. The van der Waals surface area contributed by atoms with E-state index in [0.29, 0.717) is 72.4 Å². The van der Waals surface area contributed by atoms with Crippen LogP contribution in [0, 0.1) is 0 Å². The standard InChI is InChI=1S/C31H41N11O5S/c1-31(2,3)23-19-48-29(33-23)35-27(44)20-10-13-41-25(17-20)34-26(22(28(41)45)8-9-24-36-38-39-37-24)40-12-6-7-21(18-40)47-30(46)32-11-14-42(4,5)15-16-43/h8-10,13,17,19,21,43H,6-7,11-12,14-16,18H2,1-5H3,(H2-,32,33,35,36,37,38,39,44,46)/p+1/t21-/m1/s1. The number of nitrogens with one attached hydrogen (secondary N) is 3. The number of ether oxygens (including phenoxy) is 1. The van der Waals surface area contributed by atoms with E-state index in [1.165, 1.54) is 21.9 Å². The van der Waals surface area contributed by atoms with E-state index in [4.69, 9.17) is 9.72 Å². The summed E-state index contributed by atoms with van der Waals surface area (Å²) in [6.45, 7) is 8.71. The number of piperidine rings is 1. The molecule has 17 heteroatoms. The summed E-state index contributed by atoms with van der Waals surface area (Å²) in [6.07, 6.45) is 5.07. The molecule has 1 saturated heterocycles. The van der Waals surface area contributed by atoms with Crippen LogP contribution in [0.3, 0.4) is 0 Å². The number of aliphatic hydroxyl groups excluding tert-OH is 1. The van der Waals surface area contributed by atoms with E-state index < -0.39 is 12.2 Å². The third-order valence-electron chi connectivity index (χ3n) is 8.01. The SMILES string of the molecule is CC(C)(C)c1csc(NC(=O)c2ccn3c(=O)c(C=Cc4nnn[nH]4)c(N4CCC[C@@H](OC(=O)NCC[N+](C)(C)CCO)C4)nc3c2)n1. The van der Waals surface area contributed by atoms with Gasteiger partial charge < -0.3 is 24.5 Å². The van der Waals surface area contributed by atoms with E-state index in [1.807, 2.05) is 24.4 Å². The van der Waals surface area contributed by atoms with Crippen molar-refractivity contribution in [2.45, 2.75) is 45.1 Å². The molecule has 0 bridgehead atoms. The Hall–Kier alpha value is -4.74. The number of aromatic amines is 1. The molecule has 4 aromatic rings. The summed E-state index contributed by atoms with van der Waals surface area (Å²) in [5.41, 5.74) is 1.24. The van der Waals surface area contributed by atoms with Gasteiger partial charge in [0.15, 0.2) is 11.0 Å². The largest absolute Gasteiger partial charge is 0.444 e. The number of nitrogens with zero attached hydrogens (tertiary/aromatic N) is 8. The number of thiazole rings is 1. The van der Waals surface area contributed by atoms with Crippen molar-refractivity contribution in [1.29, 1.82) is 0 Å². The molecule has 5 heterocycles. The van der Waals surface area contributed by atoms with Crippen molar-refractivity contribution in [3.63, 3.8) is 0 Å². The quantitative estimate of drug-likeness (QED) is 0.170. The van der Waals surface area contributed by atoms with E-state index in [9.17, 15) is 19.5 Å². The van der Waals surface area contributed by atoms with Crippen LogP contribution in [0.25, 0.3) is 17.8 Å². The average Bonchev–Trinajstić information content (AvgIpc) is 3.73. The Morgan fingerprint density at radius 2 is 2.04 bits per heavy atom. The number of tetrazole rings is 1. The first-order valence-corrected chi connectivity index (χ1v) is 16.6. The maximum Gasteiger partial charge on any atom is 0.407 e. The molecule has 0 unspecified atom stereocenters. The van der Waals surface area contributed by atoms with Gasteiger partial charge in [0.05, 0.1) is 51.6 Å². The number of hydrogen-bond donors (Lipinski definition) is 4. The molecule has 0 aromatic carbocycles. The van der Waals surface area contributed by atoms with Gasteiger partial charge in [-0.15, -0.1) is 16.4 Å². The molecular formula is C31H42N11O5S+. The molecule has 48 heavy (non-hydrogen) atoms. The predicted molar refractivity (Wildman–Crippen MR) is 182 cm³/mol. The molecule has 1 aliphatic rings. The minimum Gasteiger partial charge on any atom is -0.444 e. The van der Waals surface area contributed by atoms with Crippen LogP contribution in [-0.4, -0.2) is 116 Å². The molecule has 4 N–H and O–H groups in total. The highest BCUT2D eigenvalue weighted by Crippen LogP contribution is 2.27. The molecule has 1 fully saturated rings. The lowest BCUT2D eigenvalue weighted by Gasteiger charge is -2.34. The summed E-state index contributed by atoms with van der Waals surface area (Å²) in [5, 5.41) is 31.0. The summed E-state index contributed by atoms with van der Waals surface area (Å²) < 4.78 is 7.69. The Bertz CT molecular complexity index is 1830. The maximum atomic E-state index is 13.9. The lowest BCUT2D eigenvalue weighted by atomic mass is 9.93. The summed E-state index contributed by atoms with van der Waals surface area (Å²) in [7, 11) is 3.95. The second-order valence-corrected chi connectivity index (χ2v) is 14.2. The molecule has 2 amide bonds. The first kappa shape index (κ1) is 34.6. The van der Waals surface area contributed by atoms with Crippen LogP contribution >= 0.6 is 11.3 Å². The minimum absolute atomic E-state index is 0.0633. The first-order valence-electron chi connectivity index (χ1n) is 15.7. The number of aliphatic hydroxyl groups is 1. The van der Waals surface area contributed by atoms with Gasteiger partial charge in [-0.3, -0.25) is 19.3 Å². The Kier molecular flexibility index (Phi) is 10.5. The van der Waals surface area contributed by atoms with Crippen molar-refractivity contribution in [3.8, 4) is 0 Å². The summed E-state index contributed by atoms with van der Waals surface area (Å²) in [6, 6.07) is 3.12. The highest BCUT2D eigenvalue weighted by atomic mass is 32.1. The van der Waals surface area contributed by atoms with Crippen LogP contribution in [0.1, 0.15) is 61.1 Å². The smallest absolute Gasteiger partial charge is 0.407 e. The Balaban J connectivity index is 1.39. The number of alkyl carbamates (subject to hydrolysis) is 1. The van der Waals surface area contributed by atoms with Crippen LogP contribution in [0.15, 0.2) is 28.5 Å². The number of anilines is 2. The number of H-pyrrole nitrogens is 1. The molecule has 0 aliphatic carbocycles. The molecule has 1 atom stereocenters. The highest BCUT2D eigenvalue weighted by Gasteiger charge is 2.27. The minimum atomic E-state index is -0.527. The van der Waals surface area contributed by atoms with Crippen molar-refractivity contribution in [3.05, 3.63) is 56.7 Å². The van der Waals surface area contributed by atoms with Gasteiger partial charge in [0, 0.05) is 29.1 Å². The van der Waals surface area contributed by atoms with E-state index in [1.54, 1.807) is 24.3 Å². The number of hydrogen-bond acceptors (Lipinski definition) is 12. The fourth-order valence-electron chi connectivity index (χ4n) is 5.18. The summed E-state index contributed by atoms with van der Waals surface area (Å²) >= 11 is 1.35. The lowest BCUT2D eigenvalue weighted by Crippen LogP contribution is -2.48. The van der Waals surface area contributed by atoms with Crippen LogP contribution in [-0.2, 0) is 10.2 Å². The molecule has 16 nitrogen and oxygen atoms in total. The van der Waals surface area contributed by atoms with E-state index in [2.05, 4.69) is 57.0 Å². The fraction of sp³-hybridized carbons (Fsp3) is 0.484. The van der Waals surface area contributed by atoms with Gasteiger partial charge in [0.2, 0.25) is 0 Å². The van der Waals surface area contributed by atoms with Gasteiger partial charge >= 0.3 is 6.09 Å². The van der Waals surface area contributed by atoms with E-state index in [-0.39, 0.29) is 34.7 Å².